The molecule has 0 aliphatic carbocycles. The van der Waals surface area contributed by atoms with Crippen LogP contribution in [0.5, 0.6) is 5.75 Å². The summed E-state index contributed by atoms with van der Waals surface area (Å²) in [7, 11) is -3.21. The van der Waals surface area contributed by atoms with E-state index in [1.54, 1.807) is 0 Å². The Hall–Kier alpha value is -2.06. The number of hydrogen-bond acceptors (Lipinski definition) is 5. The van der Waals surface area contributed by atoms with Crippen LogP contribution in [0, 0.1) is 6.92 Å². The van der Waals surface area contributed by atoms with Gasteiger partial charge in [-0.1, -0.05) is 41.4 Å². The molecule has 0 amide bonds. The molecule has 0 aromatic heterocycles. The van der Waals surface area contributed by atoms with Gasteiger partial charge in [0.15, 0.2) is 5.72 Å². The molecule has 5 rings (SSSR count). The number of aryl methyl sites for hydroxylation is 1. The molecule has 1 atom stereocenters. The van der Waals surface area contributed by atoms with Crippen LogP contribution in [-0.2, 0) is 10.0 Å². The maximum atomic E-state index is 12.0. The van der Waals surface area contributed by atoms with Crippen LogP contribution in [0.25, 0.3) is 5.70 Å². The average Bonchev–Trinajstić information content (AvgIpc) is 3.16. The van der Waals surface area contributed by atoms with Gasteiger partial charge in [0.2, 0.25) is 10.0 Å². The van der Waals surface area contributed by atoms with E-state index in [9.17, 15) is 8.42 Å². The van der Waals surface area contributed by atoms with Crippen molar-refractivity contribution in [2.75, 3.05) is 19.3 Å². The minimum absolute atomic E-state index is 0.00381. The second kappa shape index (κ2) is 6.99. The van der Waals surface area contributed by atoms with Crippen molar-refractivity contribution in [3.63, 3.8) is 0 Å². The summed E-state index contributed by atoms with van der Waals surface area (Å²) in [6.45, 7) is 2.94. The van der Waals surface area contributed by atoms with Gasteiger partial charge in [-0.2, -0.15) is 5.01 Å². The van der Waals surface area contributed by atoms with E-state index in [0.29, 0.717) is 31.0 Å². The van der Waals surface area contributed by atoms with Crippen LogP contribution in [0.1, 0.15) is 35.6 Å². The minimum atomic E-state index is -3.21. The highest BCUT2D eigenvalue weighted by atomic mass is 35.5. The molecule has 6 nitrogen and oxygen atoms in total. The van der Waals surface area contributed by atoms with Crippen LogP contribution in [0.2, 0.25) is 5.02 Å². The molecule has 1 N–H and O–H groups in total. The molecule has 0 radical (unpaired) electrons. The van der Waals surface area contributed by atoms with E-state index in [4.69, 9.17) is 16.3 Å². The SMILES string of the molecule is Cc1ccc2c(c1)[C@H]1C=C(c3ccc(Cl)cc3)NN1C1(CCN(S(C)(=O)=O)CC1)O2. The Bertz CT molecular complexity index is 1120. The molecule has 158 valence electrons. The molecule has 2 aromatic rings. The van der Waals surface area contributed by atoms with Crippen LogP contribution in [0.3, 0.4) is 0 Å². The van der Waals surface area contributed by atoms with Crippen LogP contribution >= 0.6 is 11.6 Å². The number of nitrogens with one attached hydrogen (secondary N) is 1. The van der Waals surface area contributed by atoms with Crippen molar-refractivity contribution in [2.45, 2.75) is 31.5 Å². The lowest BCUT2D eigenvalue weighted by Crippen LogP contribution is -2.64. The minimum Gasteiger partial charge on any atom is -0.470 e. The lowest BCUT2D eigenvalue weighted by Gasteiger charge is -2.51. The van der Waals surface area contributed by atoms with E-state index in [2.05, 4.69) is 35.6 Å². The molecule has 1 fully saturated rings. The summed E-state index contributed by atoms with van der Waals surface area (Å²) in [4.78, 5) is 0. The summed E-state index contributed by atoms with van der Waals surface area (Å²) in [5, 5.41) is 2.86. The van der Waals surface area contributed by atoms with Crippen LogP contribution in [-0.4, -0.2) is 42.8 Å². The molecule has 1 spiro atoms. The van der Waals surface area contributed by atoms with Crippen LogP contribution < -0.4 is 10.2 Å². The third-order valence-electron chi connectivity index (χ3n) is 6.19. The standard InChI is InChI=1S/C22H24ClN3O3S/c1-15-3-8-21-18(13-15)20-14-19(16-4-6-17(23)7-5-16)24-26(20)22(29-21)9-11-25(12-10-22)30(2,27)28/h3-8,13-14,20,24H,9-12H2,1-2H3/t20-/m1/s1. The van der Waals surface area contributed by atoms with Gasteiger partial charge in [0.25, 0.3) is 0 Å². The summed E-state index contributed by atoms with van der Waals surface area (Å²) in [5.41, 5.74) is 7.28. The molecule has 3 aliphatic rings. The maximum absolute atomic E-state index is 12.0. The molecule has 30 heavy (non-hydrogen) atoms. The van der Waals surface area contributed by atoms with Crippen molar-refractivity contribution in [1.29, 1.82) is 0 Å². The molecule has 0 bridgehead atoms. The molecular formula is C22H24ClN3O3S. The number of benzene rings is 2. The van der Waals surface area contributed by atoms with E-state index in [-0.39, 0.29) is 6.04 Å². The zero-order valence-electron chi connectivity index (χ0n) is 16.9. The maximum Gasteiger partial charge on any atom is 0.211 e. The Morgan fingerprint density at radius 2 is 1.83 bits per heavy atom. The van der Waals surface area contributed by atoms with Crippen molar-refractivity contribution in [1.82, 2.24) is 14.7 Å². The topological polar surface area (TPSA) is 61.9 Å². The fourth-order valence-electron chi connectivity index (χ4n) is 4.60. The number of hydrazine groups is 1. The van der Waals surface area contributed by atoms with E-state index in [0.717, 1.165) is 22.6 Å². The molecule has 1 saturated heterocycles. The number of halogens is 1. The molecule has 8 heteroatoms. The third-order valence-corrected chi connectivity index (χ3v) is 7.75. The molecule has 3 heterocycles. The highest BCUT2D eigenvalue weighted by Crippen LogP contribution is 2.48. The number of ether oxygens (including phenoxy) is 1. The number of rotatable bonds is 2. The van der Waals surface area contributed by atoms with E-state index >= 15 is 0 Å². The molecule has 2 aromatic carbocycles. The predicted octanol–water partition coefficient (Wildman–Crippen LogP) is 3.69. The molecule has 3 aliphatic heterocycles. The normalized spacial score (nSPS) is 23.3. The number of hydrogen-bond donors (Lipinski definition) is 1. The number of nitrogens with zero attached hydrogens (tertiary/aromatic N) is 2. The smallest absolute Gasteiger partial charge is 0.211 e. The summed E-state index contributed by atoms with van der Waals surface area (Å²) in [6.07, 6.45) is 4.65. The van der Waals surface area contributed by atoms with E-state index in [1.165, 1.54) is 16.1 Å². The first kappa shape index (κ1) is 19.9. The Kier molecular flexibility index (Phi) is 4.63. The second-order valence-corrected chi connectivity index (χ2v) is 10.7. The summed E-state index contributed by atoms with van der Waals surface area (Å²) in [6, 6.07) is 14.0. The first-order chi connectivity index (χ1) is 14.2. The van der Waals surface area contributed by atoms with Gasteiger partial charge in [-0.3, -0.25) is 0 Å². The fraction of sp³-hybridized carbons (Fsp3) is 0.364. The average molecular weight is 446 g/mol. The largest absolute Gasteiger partial charge is 0.470 e. The Balaban J connectivity index is 1.54. The summed E-state index contributed by atoms with van der Waals surface area (Å²) in [5.74, 6) is 0.866. The third kappa shape index (κ3) is 3.30. The Morgan fingerprint density at radius 3 is 2.50 bits per heavy atom. The van der Waals surface area contributed by atoms with Gasteiger partial charge in [-0.15, -0.1) is 0 Å². The van der Waals surface area contributed by atoms with Crippen molar-refractivity contribution >= 4 is 27.3 Å². The monoisotopic (exact) mass is 445 g/mol. The summed E-state index contributed by atoms with van der Waals surface area (Å²) < 4.78 is 32.2. The first-order valence-electron chi connectivity index (χ1n) is 10.0. The quantitative estimate of drug-likeness (QED) is 0.763. The van der Waals surface area contributed by atoms with Gasteiger partial charge in [0.05, 0.1) is 18.0 Å². The van der Waals surface area contributed by atoms with Gasteiger partial charge in [-0.05, 0) is 36.8 Å². The Morgan fingerprint density at radius 1 is 1.13 bits per heavy atom. The molecular weight excluding hydrogens is 422 g/mol. The van der Waals surface area contributed by atoms with Gasteiger partial charge < -0.3 is 10.2 Å². The lowest BCUT2D eigenvalue weighted by molar-refractivity contribution is -0.153. The Labute approximate surface area is 182 Å². The van der Waals surface area contributed by atoms with Gasteiger partial charge in [-0.25, -0.2) is 12.7 Å². The van der Waals surface area contributed by atoms with Crippen molar-refractivity contribution in [2.24, 2.45) is 0 Å². The van der Waals surface area contributed by atoms with E-state index in [1.807, 2.05) is 30.3 Å². The highest BCUT2D eigenvalue weighted by molar-refractivity contribution is 7.88. The predicted molar refractivity (Wildman–Crippen MR) is 117 cm³/mol. The van der Waals surface area contributed by atoms with Gasteiger partial charge >= 0.3 is 0 Å². The second-order valence-electron chi connectivity index (χ2n) is 8.27. The number of fused-ring (bicyclic) bond motifs is 4. The fourth-order valence-corrected chi connectivity index (χ4v) is 5.57. The highest BCUT2D eigenvalue weighted by Gasteiger charge is 2.52. The van der Waals surface area contributed by atoms with Crippen molar-refractivity contribution in [3.8, 4) is 5.75 Å². The molecule has 0 unspecified atom stereocenters. The van der Waals surface area contributed by atoms with Gasteiger partial charge in [0, 0.05) is 36.5 Å². The van der Waals surface area contributed by atoms with Crippen molar-refractivity contribution in [3.05, 3.63) is 70.3 Å². The van der Waals surface area contributed by atoms with E-state index < -0.39 is 15.7 Å². The van der Waals surface area contributed by atoms with Gasteiger partial charge in [0.1, 0.15) is 5.75 Å². The number of piperidine rings is 1. The first-order valence-corrected chi connectivity index (χ1v) is 12.3. The summed E-state index contributed by atoms with van der Waals surface area (Å²) >= 11 is 6.07. The van der Waals surface area contributed by atoms with Crippen molar-refractivity contribution < 1.29 is 13.2 Å². The molecule has 0 saturated carbocycles. The van der Waals surface area contributed by atoms with Crippen LogP contribution in [0.4, 0.5) is 0 Å². The lowest BCUT2D eigenvalue weighted by atomic mass is 9.93. The number of sulfonamides is 1. The zero-order chi connectivity index (χ0) is 21.1. The zero-order valence-corrected chi connectivity index (χ0v) is 18.5. The van der Waals surface area contributed by atoms with Crippen LogP contribution in [0.15, 0.2) is 48.5 Å².